The van der Waals surface area contributed by atoms with Crippen molar-refractivity contribution in [3.63, 3.8) is 0 Å². The van der Waals surface area contributed by atoms with Crippen LogP contribution >= 0.6 is 0 Å². The summed E-state index contributed by atoms with van der Waals surface area (Å²) in [5, 5.41) is 6.82. The minimum absolute atomic E-state index is 0.0866. The quantitative estimate of drug-likeness (QED) is 0.382. The van der Waals surface area contributed by atoms with Gasteiger partial charge in [-0.3, -0.25) is 19.2 Å². The highest BCUT2D eigenvalue weighted by Crippen LogP contribution is 2.65. The van der Waals surface area contributed by atoms with Gasteiger partial charge in [0.2, 0.25) is 17.6 Å². The number of likely N-dealkylation sites (tertiary alicyclic amines) is 1. The Morgan fingerprint density at radius 1 is 1.00 bits per heavy atom. The predicted octanol–water partition coefficient (Wildman–Crippen LogP) is 2.70. The zero-order chi connectivity index (χ0) is 30.2. The highest BCUT2D eigenvalue weighted by atomic mass is 19.4. The van der Waals surface area contributed by atoms with E-state index < -0.39 is 65.9 Å². The molecule has 13 heteroatoms. The van der Waals surface area contributed by atoms with Crippen LogP contribution in [0.2, 0.25) is 0 Å². The van der Waals surface area contributed by atoms with Crippen LogP contribution in [0.3, 0.4) is 0 Å². The molecule has 3 N–H and O–H groups in total. The molecule has 2 saturated carbocycles. The van der Waals surface area contributed by atoms with Crippen molar-refractivity contribution >= 4 is 29.6 Å². The number of halogens is 3. The number of fused-ring (bicyclic) bond motifs is 1. The maximum atomic E-state index is 14.0. The van der Waals surface area contributed by atoms with E-state index in [2.05, 4.69) is 10.6 Å². The minimum atomic E-state index is -4.84. The standard InChI is InChI=1S/C27H41F3N4O6/c1-25(2,3)40-24(39)33-18(14-10-8-7-9-11-14)23(38)34-13-15-17(26(15,4)5)19(34)21(36)32-16(12-27(28,29)30)20(35)22(37)31-6/h14-19H,7-13H2,1-6H3,(H,31,37)(H,32,36)(H,33,39)/t15-,16?,17-,18-,19-/m0/s1. The van der Waals surface area contributed by atoms with Crippen molar-refractivity contribution < 1.29 is 41.9 Å². The maximum absolute atomic E-state index is 14.0. The summed E-state index contributed by atoms with van der Waals surface area (Å²) in [6, 6.07) is -4.28. The zero-order valence-corrected chi connectivity index (χ0v) is 23.9. The minimum Gasteiger partial charge on any atom is -0.444 e. The van der Waals surface area contributed by atoms with Crippen LogP contribution in [0.15, 0.2) is 0 Å². The Morgan fingerprint density at radius 3 is 2.12 bits per heavy atom. The summed E-state index contributed by atoms with van der Waals surface area (Å²) in [5.74, 6) is -4.78. The molecule has 5 atom stereocenters. The first kappa shape index (κ1) is 31.7. The first-order valence-electron chi connectivity index (χ1n) is 13.8. The number of amides is 4. The van der Waals surface area contributed by atoms with Gasteiger partial charge < -0.3 is 25.6 Å². The summed E-state index contributed by atoms with van der Waals surface area (Å²) in [5.41, 5.74) is -1.17. The van der Waals surface area contributed by atoms with Gasteiger partial charge in [0.1, 0.15) is 23.7 Å². The molecule has 0 aromatic heterocycles. The monoisotopic (exact) mass is 574 g/mol. The SMILES string of the molecule is CNC(=O)C(=O)C(CC(F)(F)F)NC(=O)[C@@H]1[C@@H]2[C@H](CN1C(=O)[C@@H](NC(=O)OC(C)(C)C)C1CCCCC1)C2(C)C. The van der Waals surface area contributed by atoms with Crippen LogP contribution in [0, 0.1) is 23.2 Å². The molecule has 2 aliphatic carbocycles. The number of alkyl carbamates (subject to hydrolysis) is 1. The molecular formula is C27H41F3N4O6. The molecule has 1 saturated heterocycles. The summed E-state index contributed by atoms with van der Waals surface area (Å²) in [4.78, 5) is 65.8. The summed E-state index contributed by atoms with van der Waals surface area (Å²) in [7, 11) is 1.10. The second kappa shape index (κ2) is 11.6. The third kappa shape index (κ3) is 7.25. The van der Waals surface area contributed by atoms with Crippen LogP contribution in [0.1, 0.15) is 73.1 Å². The summed E-state index contributed by atoms with van der Waals surface area (Å²) in [6.07, 6.45) is -3.24. The smallest absolute Gasteiger partial charge is 0.408 e. The van der Waals surface area contributed by atoms with Crippen molar-refractivity contribution in [3.8, 4) is 0 Å². The Morgan fingerprint density at radius 2 is 1.60 bits per heavy atom. The molecule has 0 aromatic carbocycles. The Hall–Kier alpha value is -2.86. The maximum Gasteiger partial charge on any atom is 0.408 e. The van der Waals surface area contributed by atoms with E-state index in [1.807, 2.05) is 19.2 Å². The number of hydrogen-bond acceptors (Lipinski definition) is 6. The van der Waals surface area contributed by atoms with E-state index in [-0.39, 0.29) is 29.7 Å². The van der Waals surface area contributed by atoms with Gasteiger partial charge in [0.25, 0.3) is 5.91 Å². The number of nitrogens with one attached hydrogen (secondary N) is 3. The summed E-state index contributed by atoms with van der Waals surface area (Å²) < 4.78 is 45.2. The fourth-order valence-electron chi connectivity index (χ4n) is 6.25. The van der Waals surface area contributed by atoms with Crippen LogP contribution < -0.4 is 16.0 Å². The number of ketones is 1. The normalized spacial score (nSPS) is 25.7. The van der Waals surface area contributed by atoms with E-state index in [0.717, 1.165) is 26.3 Å². The molecule has 3 aliphatic rings. The fourth-order valence-corrected chi connectivity index (χ4v) is 6.25. The molecule has 226 valence electrons. The van der Waals surface area contributed by atoms with E-state index in [4.69, 9.17) is 4.74 Å². The van der Waals surface area contributed by atoms with Gasteiger partial charge in [-0.05, 0) is 56.8 Å². The first-order chi connectivity index (χ1) is 18.4. The Balaban J connectivity index is 1.88. The number of alkyl halides is 3. The molecule has 1 heterocycles. The lowest BCUT2D eigenvalue weighted by molar-refractivity contribution is -0.155. The highest BCUT2D eigenvalue weighted by Gasteiger charge is 2.70. The summed E-state index contributed by atoms with van der Waals surface area (Å²) in [6.45, 7) is 9.07. The second-order valence-electron chi connectivity index (χ2n) is 12.7. The van der Waals surface area contributed by atoms with E-state index >= 15 is 0 Å². The molecule has 0 aromatic rings. The number of carbonyl (C=O) groups is 5. The molecule has 10 nitrogen and oxygen atoms in total. The van der Waals surface area contributed by atoms with E-state index in [9.17, 15) is 37.1 Å². The van der Waals surface area contributed by atoms with Crippen molar-refractivity contribution in [2.75, 3.05) is 13.6 Å². The number of carbonyl (C=O) groups excluding carboxylic acids is 5. The van der Waals surface area contributed by atoms with E-state index in [1.54, 1.807) is 20.8 Å². The van der Waals surface area contributed by atoms with Crippen molar-refractivity contribution in [3.05, 3.63) is 0 Å². The van der Waals surface area contributed by atoms with E-state index in [0.29, 0.717) is 12.8 Å². The van der Waals surface area contributed by atoms with Crippen molar-refractivity contribution in [2.45, 2.75) is 103 Å². The fraction of sp³-hybridized carbons (Fsp3) is 0.815. The predicted molar refractivity (Wildman–Crippen MR) is 138 cm³/mol. The number of hydrogen-bond donors (Lipinski definition) is 3. The average molecular weight is 575 g/mol. The first-order valence-corrected chi connectivity index (χ1v) is 13.8. The van der Waals surface area contributed by atoms with Gasteiger partial charge in [0, 0.05) is 13.6 Å². The molecule has 1 aliphatic heterocycles. The van der Waals surface area contributed by atoms with Crippen molar-refractivity contribution in [2.24, 2.45) is 23.2 Å². The van der Waals surface area contributed by atoms with Gasteiger partial charge in [-0.1, -0.05) is 33.1 Å². The van der Waals surface area contributed by atoms with Gasteiger partial charge >= 0.3 is 12.3 Å². The van der Waals surface area contributed by atoms with Crippen molar-refractivity contribution in [1.82, 2.24) is 20.9 Å². The molecule has 0 radical (unpaired) electrons. The molecule has 3 fully saturated rings. The van der Waals surface area contributed by atoms with Crippen LogP contribution in [-0.2, 0) is 23.9 Å². The number of nitrogens with zero attached hydrogens (tertiary/aromatic N) is 1. The lowest BCUT2D eigenvalue weighted by Gasteiger charge is -2.37. The van der Waals surface area contributed by atoms with Crippen LogP contribution in [0.4, 0.5) is 18.0 Å². The average Bonchev–Trinajstić information content (AvgIpc) is 3.16. The molecule has 0 bridgehead atoms. The van der Waals surface area contributed by atoms with Gasteiger partial charge in [-0.25, -0.2) is 4.79 Å². The lowest BCUT2D eigenvalue weighted by Crippen LogP contribution is -2.60. The van der Waals surface area contributed by atoms with Crippen molar-refractivity contribution in [1.29, 1.82) is 0 Å². The largest absolute Gasteiger partial charge is 0.444 e. The van der Waals surface area contributed by atoms with Gasteiger partial charge in [-0.15, -0.1) is 0 Å². The molecular weight excluding hydrogens is 533 g/mol. The number of rotatable bonds is 8. The number of piperidine rings is 1. The van der Waals surface area contributed by atoms with Crippen LogP contribution in [-0.4, -0.2) is 78.0 Å². The van der Waals surface area contributed by atoms with Crippen LogP contribution in [0.5, 0.6) is 0 Å². The third-order valence-electron chi connectivity index (χ3n) is 8.34. The molecule has 40 heavy (non-hydrogen) atoms. The number of Topliss-reactive ketones (excluding diaryl/α,β-unsaturated/α-hetero) is 1. The topological polar surface area (TPSA) is 134 Å². The summed E-state index contributed by atoms with van der Waals surface area (Å²) >= 11 is 0. The number of ether oxygens (including phenoxy) is 1. The van der Waals surface area contributed by atoms with Gasteiger partial charge in [0.15, 0.2) is 0 Å². The van der Waals surface area contributed by atoms with Crippen LogP contribution in [0.25, 0.3) is 0 Å². The lowest BCUT2D eigenvalue weighted by atomic mass is 9.83. The molecule has 4 amide bonds. The van der Waals surface area contributed by atoms with E-state index in [1.165, 1.54) is 4.90 Å². The number of likely N-dealkylation sites (N-methyl/N-ethyl adjacent to an activating group) is 1. The molecule has 0 spiro atoms. The highest BCUT2D eigenvalue weighted by molar-refractivity contribution is 6.38. The Bertz CT molecular complexity index is 1020. The molecule has 1 unspecified atom stereocenters. The van der Waals surface area contributed by atoms with Gasteiger partial charge in [0.05, 0.1) is 6.42 Å². The molecule has 3 rings (SSSR count). The Kier molecular flexibility index (Phi) is 9.15. The van der Waals surface area contributed by atoms with Gasteiger partial charge in [-0.2, -0.15) is 13.2 Å². The third-order valence-corrected chi connectivity index (χ3v) is 8.34. The second-order valence-corrected chi connectivity index (χ2v) is 12.7. The zero-order valence-electron chi connectivity index (χ0n) is 23.9. The Labute approximate surface area is 232 Å².